The summed E-state index contributed by atoms with van der Waals surface area (Å²) in [5, 5.41) is 27.0. The number of fused-ring (bicyclic) bond motifs is 3. The predicted octanol–water partition coefficient (Wildman–Crippen LogP) is 5.53. The molecule has 0 atom stereocenters. The molecule has 0 aliphatic carbocycles. The fourth-order valence-corrected chi connectivity index (χ4v) is 3.36. The highest BCUT2D eigenvalue weighted by Gasteiger charge is 2.15. The summed E-state index contributed by atoms with van der Waals surface area (Å²) in [5.74, 6) is 0. The summed E-state index contributed by atoms with van der Waals surface area (Å²) in [5.41, 5.74) is 3.76. The highest BCUT2D eigenvalue weighted by molar-refractivity contribution is 6.53. The number of oxime groups is 2. The van der Waals surface area contributed by atoms with Crippen LogP contribution in [0.5, 0.6) is 0 Å². The second-order valence-electron chi connectivity index (χ2n) is 6.85. The highest BCUT2D eigenvalue weighted by Crippen LogP contribution is 2.20. The van der Waals surface area contributed by atoms with E-state index in [1.807, 2.05) is 48.5 Å². The zero-order chi connectivity index (χ0) is 22.2. The van der Waals surface area contributed by atoms with Gasteiger partial charge in [0, 0.05) is 34.3 Å². The van der Waals surface area contributed by atoms with Crippen molar-refractivity contribution >= 4 is 33.2 Å². The van der Waals surface area contributed by atoms with Crippen molar-refractivity contribution in [1.29, 1.82) is 0 Å². The van der Waals surface area contributed by atoms with E-state index in [0.717, 1.165) is 21.8 Å². The number of benzene rings is 3. The smallest absolute Gasteiger partial charge is 0.139 e. The number of hydrogen-bond donors (Lipinski definition) is 2. The molecule has 0 radical (unpaired) electrons. The molecule has 2 N–H and O–H groups in total. The van der Waals surface area contributed by atoms with Crippen LogP contribution in [0, 0.1) is 0 Å². The lowest BCUT2D eigenvalue weighted by atomic mass is 10.0. The minimum absolute atomic E-state index is 0.226. The quantitative estimate of drug-likeness (QED) is 0.174. The van der Waals surface area contributed by atoms with Gasteiger partial charge in [-0.05, 0) is 12.1 Å². The van der Waals surface area contributed by atoms with Gasteiger partial charge in [0.15, 0.2) is 0 Å². The topological polar surface area (TPSA) is 91.0 Å². The molecular formula is C26H20N4O2. The number of rotatable bonds is 3. The van der Waals surface area contributed by atoms with E-state index in [0.29, 0.717) is 11.1 Å². The molecular weight excluding hydrogens is 400 g/mol. The Labute approximate surface area is 184 Å². The van der Waals surface area contributed by atoms with E-state index in [2.05, 4.69) is 44.5 Å². The average Bonchev–Trinajstić information content (AvgIpc) is 2.88. The molecule has 0 spiro atoms. The van der Waals surface area contributed by atoms with Crippen LogP contribution in [0.4, 0.5) is 0 Å². The molecule has 3 aromatic carbocycles. The molecule has 2 heterocycles. The summed E-state index contributed by atoms with van der Waals surface area (Å²) in [6.45, 7) is 0. The first kappa shape index (κ1) is 20.7. The molecule has 5 rings (SSSR count). The molecule has 0 saturated heterocycles. The molecule has 6 nitrogen and oxygen atoms in total. The van der Waals surface area contributed by atoms with E-state index >= 15 is 0 Å². The summed E-state index contributed by atoms with van der Waals surface area (Å²) in [4.78, 5) is 8.69. The number of hydrogen-bond acceptors (Lipinski definition) is 6. The Balaban J connectivity index is 0.000000157. The monoisotopic (exact) mass is 420 g/mol. The van der Waals surface area contributed by atoms with Crippen molar-refractivity contribution < 1.29 is 10.4 Å². The van der Waals surface area contributed by atoms with Gasteiger partial charge in [0.25, 0.3) is 0 Å². The van der Waals surface area contributed by atoms with Gasteiger partial charge in [-0.2, -0.15) is 0 Å². The van der Waals surface area contributed by atoms with Crippen LogP contribution in [0.2, 0.25) is 0 Å². The van der Waals surface area contributed by atoms with E-state index in [4.69, 9.17) is 10.4 Å². The van der Waals surface area contributed by atoms with Gasteiger partial charge in [0.05, 0.1) is 11.0 Å². The van der Waals surface area contributed by atoms with Crippen molar-refractivity contribution in [1.82, 2.24) is 9.97 Å². The van der Waals surface area contributed by atoms with Crippen molar-refractivity contribution in [2.24, 2.45) is 10.3 Å². The molecule has 0 fully saturated rings. The van der Waals surface area contributed by atoms with Crippen LogP contribution in [-0.2, 0) is 0 Å². The fourth-order valence-electron chi connectivity index (χ4n) is 3.36. The molecule has 0 amide bonds. The Morgan fingerprint density at radius 1 is 0.500 bits per heavy atom. The second kappa shape index (κ2) is 9.95. The average molecular weight is 420 g/mol. The van der Waals surface area contributed by atoms with E-state index < -0.39 is 0 Å². The number of pyridine rings is 2. The third-order valence-corrected chi connectivity index (χ3v) is 4.86. The van der Waals surface area contributed by atoms with Crippen molar-refractivity contribution in [2.45, 2.75) is 0 Å². The summed E-state index contributed by atoms with van der Waals surface area (Å²) in [6.07, 6.45) is 3.60. The van der Waals surface area contributed by atoms with Gasteiger partial charge >= 0.3 is 0 Å². The van der Waals surface area contributed by atoms with Gasteiger partial charge in [0.1, 0.15) is 11.4 Å². The SMILES string of the molecule is ON=C(C(=NO)c1ccccc1)c1ccccc1.c1cnc2c(c1)ccc1cccnc12. The van der Waals surface area contributed by atoms with Gasteiger partial charge in [-0.3, -0.25) is 9.97 Å². The minimum atomic E-state index is 0.226. The third-order valence-electron chi connectivity index (χ3n) is 4.86. The summed E-state index contributed by atoms with van der Waals surface area (Å²) in [7, 11) is 0. The van der Waals surface area contributed by atoms with Crippen LogP contribution in [0.1, 0.15) is 11.1 Å². The van der Waals surface area contributed by atoms with Crippen LogP contribution < -0.4 is 0 Å². The first-order chi connectivity index (χ1) is 15.8. The van der Waals surface area contributed by atoms with Gasteiger partial charge in [0.2, 0.25) is 0 Å². The van der Waals surface area contributed by atoms with Crippen LogP contribution in [-0.4, -0.2) is 31.8 Å². The van der Waals surface area contributed by atoms with Crippen LogP contribution in [0.15, 0.2) is 120 Å². The van der Waals surface area contributed by atoms with Crippen molar-refractivity contribution in [3.63, 3.8) is 0 Å². The molecule has 0 aliphatic heterocycles. The summed E-state index contributed by atoms with van der Waals surface area (Å²) >= 11 is 0. The predicted molar refractivity (Wildman–Crippen MR) is 127 cm³/mol. The Morgan fingerprint density at radius 2 is 0.906 bits per heavy atom. The number of nitrogens with zero attached hydrogens (tertiary/aromatic N) is 4. The molecule has 32 heavy (non-hydrogen) atoms. The molecule has 0 aliphatic rings. The Hall–Kier alpha value is -4.58. The molecule has 0 saturated carbocycles. The van der Waals surface area contributed by atoms with Gasteiger partial charge in [-0.25, -0.2) is 0 Å². The van der Waals surface area contributed by atoms with Crippen molar-refractivity contribution in [3.05, 3.63) is 121 Å². The molecule has 5 aromatic rings. The normalized spacial score (nSPS) is 11.8. The van der Waals surface area contributed by atoms with E-state index in [1.165, 1.54) is 0 Å². The van der Waals surface area contributed by atoms with Crippen LogP contribution in [0.3, 0.4) is 0 Å². The van der Waals surface area contributed by atoms with E-state index in [-0.39, 0.29) is 11.4 Å². The van der Waals surface area contributed by atoms with Crippen LogP contribution in [0.25, 0.3) is 21.8 Å². The largest absolute Gasteiger partial charge is 0.410 e. The lowest BCUT2D eigenvalue weighted by molar-refractivity contribution is 0.314. The molecule has 0 bridgehead atoms. The zero-order valence-electron chi connectivity index (χ0n) is 17.1. The van der Waals surface area contributed by atoms with Gasteiger partial charge in [-0.15, -0.1) is 0 Å². The molecule has 6 heteroatoms. The third kappa shape index (κ3) is 4.44. The Kier molecular flexibility index (Phi) is 6.43. The highest BCUT2D eigenvalue weighted by atomic mass is 16.4. The lowest BCUT2D eigenvalue weighted by Gasteiger charge is -2.06. The fraction of sp³-hybridized carbons (Fsp3) is 0. The minimum Gasteiger partial charge on any atom is -0.410 e. The van der Waals surface area contributed by atoms with Gasteiger partial charge < -0.3 is 10.4 Å². The standard InChI is InChI=1S/C14H12N2O2.C12H8N2/c17-15-13(11-7-3-1-4-8-11)14(16-18)12-9-5-2-6-10-12;1-3-9-5-6-10-4-2-8-14-12(10)11(9)13-7-1/h1-10,17-18H;1-8H. The maximum Gasteiger partial charge on any atom is 0.139 e. The maximum atomic E-state index is 9.14. The number of aromatic nitrogens is 2. The molecule has 0 unspecified atom stereocenters. The van der Waals surface area contributed by atoms with Crippen LogP contribution >= 0.6 is 0 Å². The van der Waals surface area contributed by atoms with Crippen molar-refractivity contribution in [2.75, 3.05) is 0 Å². The van der Waals surface area contributed by atoms with E-state index in [1.54, 1.807) is 36.7 Å². The Morgan fingerprint density at radius 3 is 1.28 bits per heavy atom. The summed E-state index contributed by atoms with van der Waals surface area (Å²) < 4.78 is 0. The van der Waals surface area contributed by atoms with Gasteiger partial charge in [-0.1, -0.05) is 95.2 Å². The van der Waals surface area contributed by atoms with Crippen molar-refractivity contribution in [3.8, 4) is 0 Å². The Bertz CT molecular complexity index is 1280. The maximum absolute atomic E-state index is 9.14. The molecule has 156 valence electrons. The first-order valence-electron chi connectivity index (χ1n) is 9.95. The van der Waals surface area contributed by atoms with E-state index in [9.17, 15) is 0 Å². The zero-order valence-corrected chi connectivity index (χ0v) is 17.1. The first-order valence-corrected chi connectivity index (χ1v) is 9.95. The lowest BCUT2D eigenvalue weighted by Crippen LogP contribution is -2.17. The summed E-state index contributed by atoms with van der Waals surface area (Å²) in [6, 6.07) is 30.3. The molecule has 2 aromatic heterocycles. The second-order valence-corrected chi connectivity index (χ2v) is 6.85.